The van der Waals surface area contributed by atoms with Gasteiger partial charge in [0, 0.05) is 24.7 Å². The molecule has 0 saturated heterocycles. The Bertz CT molecular complexity index is 954. The molecule has 37 heavy (non-hydrogen) atoms. The van der Waals surface area contributed by atoms with E-state index in [2.05, 4.69) is 47.3 Å². The predicted octanol–water partition coefficient (Wildman–Crippen LogP) is 7.75. The Morgan fingerprint density at radius 2 is 1.54 bits per heavy atom. The van der Waals surface area contributed by atoms with Gasteiger partial charge in [-0.05, 0) is 110 Å². The highest BCUT2D eigenvalue weighted by Crippen LogP contribution is 2.77. The monoisotopic (exact) mass is 512 g/mol. The molecule has 0 heterocycles. The van der Waals surface area contributed by atoms with Crippen LogP contribution in [0.25, 0.3) is 0 Å². The van der Waals surface area contributed by atoms with E-state index >= 15 is 0 Å². The highest BCUT2D eigenvalue weighted by molar-refractivity contribution is 5.66. The van der Waals surface area contributed by atoms with E-state index in [9.17, 15) is 9.59 Å². The van der Waals surface area contributed by atoms with E-state index in [4.69, 9.17) is 9.47 Å². The van der Waals surface area contributed by atoms with E-state index in [0.29, 0.717) is 41.6 Å². The third kappa shape index (κ3) is 3.73. The SMILES string of the molecule is C=C[C@H]1CC[C@]2(COC(C)=O)CC[C@@]3(C)[C@@H](CC[C@@H]4[C@]5(C)CC[C@H](OC(C)=O)C(C)(C)[C@@H]5CC[C@@]43C)[C@H]12. The first kappa shape index (κ1) is 27.3. The fourth-order valence-corrected chi connectivity index (χ4v) is 11.9. The lowest BCUT2D eigenvalue weighted by atomic mass is 9.32. The summed E-state index contributed by atoms with van der Waals surface area (Å²) < 4.78 is 11.7. The Morgan fingerprint density at radius 1 is 0.811 bits per heavy atom. The summed E-state index contributed by atoms with van der Waals surface area (Å²) in [5.41, 5.74) is 0.997. The molecule has 0 N–H and O–H groups in total. The van der Waals surface area contributed by atoms with Gasteiger partial charge in [0.1, 0.15) is 6.10 Å². The van der Waals surface area contributed by atoms with Gasteiger partial charge in [0.05, 0.1) is 6.61 Å². The van der Waals surface area contributed by atoms with Crippen LogP contribution in [-0.4, -0.2) is 24.6 Å². The van der Waals surface area contributed by atoms with Crippen LogP contribution in [-0.2, 0) is 19.1 Å². The van der Waals surface area contributed by atoms with Crippen LogP contribution in [0.1, 0.15) is 113 Å². The largest absolute Gasteiger partial charge is 0.465 e. The van der Waals surface area contributed by atoms with Crippen LogP contribution in [0, 0.1) is 56.7 Å². The molecular weight excluding hydrogens is 460 g/mol. The number of esters is 2. The van der Waals surface area contributed by atoms with Gasteiger partial charge in [-0.15, -0.1) is 6.58 Å². The molecule has 5 saturated carbocycles. The molecule has 10 atom stereocenters. The van der Waals surface area contributed by atoms with E-state index in [1.54, 1.807) is 13.8 Å². The first-order valence-corrected chi connectivity index (χ1v) is 15.2. The standard InChI is InChI=1S/C33H52O4/c1-9-23-12-17-33(20-36-21(2)34)19-18-31(7)24(28(23)33)10-11-26-30(6)15-14-27(37-22(3)35)29(4,5)25(30)13-16-32(26,31)8/h9,23-28H,1,10-20H2,2-8H3/t23-,24-,25-,26+,27-,28-,30+,31-,32-,33+/m0/s1. The Balaban J connectivity index is 1.48. The van der Waals surface area contributed by atoms with E-state index < -0.39 is 0 Å². The van der Waals surface area contributed by atoms with E-state index in [1.165, 1.54) is 51.4 Å². The Hall–Kier alpha value is -1.32. The van der Waals surface area contributed by atoms with Gasteiger partial charge >= 0.3 is 11.9 Å². The second-order valence-electron chi connectivity index (χ2n) is 15.2. The minimum atomic E-state index is -0.141. The maximum atomic E-state index is 11.9. The number of fused-ring (bicyclic) bond motifs is 7. The number of rotatable bonds is 4. The van der Waals surface area contributed by atoms with Crippen LogP contribution in [0.2, 0.25) is 0 Å². The van der Waals surface area contributed by atoms with Crippen molar-refractivity contribution in [1.29, 1.82) is 0 Å². The van der Waals surface area contributed by atoms with Gasteiger partial charge in [-0.2, -0.15) is 0 Å². The average molecular weight is 513 g/mol. The summed E-state index contributed by atoms with van der Waals surface area (Å²) in [7, 11) is 0. The summed E-state index contributed by atoms with van der Waals surface area (Å²) in [6, 6.07) is 0. The molecule has 0 aliphatic heterocycles. The van der Waals surface area contributed by atoms with Gasteiger partial charge in [-0.3, -0.25) is 9.59 Å². The summed E-state index contributed by atoms with van der Waals surface area (Å²) in [4.78, 5) is 23.8. The van der Waals surface area contributed by atoms with Crippen LogP contribution in [0.15, 0.2) is 12.7 Å². The van der Waals surface area contributed by atoms with Crippen molar-refractivity contribution in [3.05, 3.63) is 12.7 Å². The van der Waals surface area contributed by atoms with Crippen LogP contribution in [0.4, 0.5) is 0 Å². The first-order chi connectivity index (χ1) is 17.2. The number of hydrogen-bond acceptors (Lipinski definition) is 4. The zero-order valence-corrected chi connectivity index (χ0v) is 24.7. The molecule has 4 heteroatoms. The number of carbonyl (C=O) groups is 2. The predicted molar refractivity (Wildman–Crippen MR) is 147 cm³/mol. The molecule has 0 aromatic rings. The van der Waals surface area contributed by atoms with Crippen LogP contribution in [0.3, 0.4) is 0 Å². The summed E-state index contributed by atoms with van der Waals surface area (Å²) in [6.07, 6.45) is 14.2. The topological polar surface area (TPSA) is 52.6 Å². The van der Waals surface area contributed by atoms with Crippen molar-refractivity contribution in [1.82, 2.24) is 0 Å². The second-order valence-corrected chi connectivity index (χ2v) is 15.2. The summed E-state index contributed by atoms with van der Waals surface area (Å²) in [5, 5.41) is 0. The molecular formula is C33H52O4. The molecule has 5 aliphatic carbocycles. The maximum absolute atomic E-state index is 11.9. The van der Waals surface area contributed by atoms with Gasteiger partial charge in [0.25, 0.3) is 0 Å². The molecule has 0 unspecified atom stereocenters. The van der Waals surface area contributed by atoms with Gasteiger partial charge in [-0.25, -0.2) is 0 Å². The fourth-order valence-electron chi connectivity index (χ4n) is 11.9. The normalized spacial score (nSPS) is 50.0. The van der Waals surface area contributed by atoms with Crippen LogP contribution < -0.4 is 0 Å². The number of carbonyl (C=O) groups excluding carboxylic acids is 2. The smallest absolute Gasteiger partial charge is 0.302 e. The molecule has 5 rings (SSSR count). The molecule has 0 spiro atoms. The van der Waals surface area contributed by atoms with Crippen LogP contribution in [0.5, 0.6) is 0 Å². The van der Waals surface area contributed by atoms with Crippen molar-refractivity contribution >= 4 is 11.9 Å². The molecule has 5 aliphatic rings. The Labute approximate surface area is 225 Å². The van der Waals surface area contributed by atoms with Crippen molar-refractivity contribution in [3.63, 3.8) is 0 Å². The zero-order valence-electron chi connectivity index (χ0n) is 24.7. The van der Waals surface area contributed by atoms with Gasteiger partial charge < -0.3 is 9.47 Å². The van der Waals surface area contributed by atoms with Gasteiger partial charge in [-0.1, -0.05) is 40.7 Å². The fraction of sp³-hybridized carbons (Fsp3) is 0.879. The van der Waals surface area contributed by atoms with Gasteiger partial charge in [0.2, 0.25) is 0 Å². The molecule has 0 radical (unpaired) electrons. The lowest BCUT2D eigenvalue weighted by molar-refractivity contribution is -0.251. The zero-order chi connectivity index (χ0) is 27.0. The molecule has 0 aromatic carbocycles. The highest BCUT2D eigenvalue weighted by Gasteiger charge is 2.71. The van der Waals surface area contributed by atoms with E-state index in [1.807, 2.05) is 0 Å². The first-order valence-electron chi connectivity index (χ1n) is 15.2. The summed E-state index contributed by atoms with van der Waals surface area (Å²) in [5.74, 6) is 2.76. The summed E-state index contributed by atoms with van der Waals surface area (Å²) >= 11 is 0. The third-order valence-electron chi connectivity index (χ3n) is 13.8. The number of allylic oxidation sites excluding steroid dienone is 1. The molecule has 0 bridgehead atoms. The molecule has 208 valence electrons. The highest BCUT2D eigenvalue weighted by atomic mass is 16.5. The summed E-state index contributed by atoms with van der Waals surface area (Å²) in [6.45, 7) is 20.7. The van der Waals surface area contributed by atoms with Gasteiger partial charge in [0.15, 0.2) is 0 Å². The maximum Gasteiger partial charge on any atom is 0.302 e. The minimum Gasteiger partial charge on any atom is -0.465 e. The quantitative estimate of drug-likeness (QED) is 0.285. The number of ether oxygens (including phenoxy) is 2. The van der Waals surface area contributed by atoms with Crippen molar-refractivity contribution in [3.8, 4) is 0 Å². The molecule has 0 aromatic heterocycles. The molecule has 4 nitrogen and oxygen atoms in total. The van der Waals surface area contributed by atoms with E-state index in [0.717, 1.165) is 12.8 Å². The van der Waals surface area contributed by atoms with Crippen molar-refractivity contribution in [2.75, 3.05) is 6.61 Å². The molecule has 0 amide bonds. The Kier molecular flexibility index (Phi) is 6.52. The average Bonchev–Trinajstić information content (AvgIpc) is 3.19. The van der Waals surface area contributed by atoms with Crippen molar-refractivity contribution in [2.24, 2.45) is 56.7 Å². The lowest BCUT2D eigenvalue weighted by Crippen LogP contribution is -2.67. The number of hydrogen-bond donors (Lipinski definition) is 0. The minimum absolute atomic E-state index is 0.00287. The lowest BCUT2D eigenvalue weighted by Gasteiger charge is -2.73. The Morgan fingerprint density at radius 3 is 2.19 bits per heavy atom. The molecule has 5 fully saturated rings. The van der Waals surface area contributed by atoms with Crippen molar-refractivity contribution < 1.29 is 19.1 Å². The van der Waals surface area contributed by atoms with Crippen molar-refractivity contribution in [2.45, 2.75) is 119 Å². The van der Waals surface area contributed by atoms with Crippen LogP contribution >= 0.6 is 0 Å². The second kappa shape index (κ2) is 8.85. The third-order valence-corrected chi connectivity index (χ3v) is 13.8. The van der Waals surface area contributed by atoms with E-state index in [-0.39, 0.29) is 39.7 Å².